The number of aryl methyl sites for hydroxylation is 2. The Labute approximate surface area is 243 Å². The number of aliphatic hydroxyl groups excluding tert-OH is 2. The summed E-state index contributed by atoms with van der Waals surface area (Å²) in [6.45, 7) is 7.99. The van der Waals surface area contributed by atoms with E-state index in [4.69, 9.17) is 4.74 Å². The van der Waals surface area contributed by atoms with Crippen LogP contribution in [0, 0.1) is 11.8 Å². The Kier molecular flexibility index (Phi) is 9.92. The van der Waals surface area contributed by atoms with Gasteiger partial charge >= 0.3 is 12.1 Å². The molecule has 2 amide bonds. The van der Waals surface area contributed by atoms with Gasteiger partial charge in [-0.25, -0.2) is 18.7 Å². The number of amides is 2. The predicted octanol–water partition coefficient (Wildman–Crippen LogP) is -2.15. The van der Waals surface area contributed by atoms with Crippen molar-refractivity contribution in [2.45, 2.75) is 63.3 Å². The third-order valence-corrected chi connectivity index (χ3v) is 9.09. The molecule has 38 heavy (non-hydrogen) atoms. The SMILES string of the molecule is C=CCOC(=O)N1C[C@@H](SC2=C(C(=O)O)N3C(=O)[C@H]([C@@H](C)O)[C@H]3[C@H]2C)C[C@H]1CC[n+]1ccn(C)c1CO.[I-]. The van der Waals surface area contributed by atoms with Crippen molar-refractivity contribution in [2.24, 2.45) is 18.9 Å². The van der Waals surface area contributed by atoms with Gasteiger partial charge in [0.05, 0.1) is 31.7 Å². The van der Waals surface area contributed by atoms with Crippen LogP contribution in [0.15, 0.2) is 35.7 Å². The fourth-order valence-electron chi connectivity index (χ4n) is 5.78. The molecule has 2 fully saturated rings. The van der Waals surface area contributed by atoms with Gasteiger partial charge in [0.25, 0.3) is 5.82 Å². The summed E-state index contributed by atoms with van der Waals surface area (Å²) in [5.41, 5.74) is -0.0129. The van der Waals surface area contributed by atoms with Crippen molar-refractivity contribution in [3.8, 4) is 0 Å². The van der Waals surface area contributed by atoms with Crippen molar-refractivity contribution < 1.29 is 63.0 Å². The van der Waals surface area contributed by atoms with Gasteiger partial charge in [0.15, 0.2) is 0 Å². The Morgan fingerprint density at radius 1 is 1.39 bits per heavy atom. The highest BCUT2D eigenvalue weighted by Gasteiger charge is 2.60. The van der Waals surface area contributed by atoms with Gasteiger partial charge in [-0.1, -0.05) is 19.6 Å². The van der Waals surface area contributed by atoms with Gasteiger partial charge in [-0.05, 0) is 13.3 Å². The minimum Gasteiger partial charge on any atom is -1.00 e. The number of rotatable bonds is 10. The number of nitrogens with zero attached hydrogens (tertiary/aromatic N) is 4. The lowest BCUT2D eigenvalue weighted by molar-refractivity contribution is -0.706. The number of halogens is 1. The second-order valence-electron chi connectivity index (χ2n) is 9.88. The van der Waals surface area contributed by atoms with E-state index in [0.29, 0.717) is 30.8 Å². The summed E-state index contributed by atoms with van der Waals surface area (Å²) in [6, 6.07) is -0.526. The molecule has 4 rings (SSSR count). The topological polar surface area (TPSA) is 136 Å². The zero-order valence-corrected chi connectivity index (χ0v) is 24.7. The monoisotopic (exact) mass is 662 g/mol. The molecule has 0 unspecified atom stereocenters. The summed E-state index contributed by atoms with van der Waals surface area (Å²) in [7, 11) is 1.86. The molecule has 1 aromatic heterocycles. The summed E-state index contributed by atoms with van der Waals surface area (Å²) in [6.07, 6.45) is 5.19. The number of likely N-dealkylation sites (tertiary alicyclic amines) is 1. The first kappa shape index (κ1) is 30.4. The number of ether oxygens (including phenoxy) is 1. The maximum Gasteiger partial charge on any atom is 0.410 e. The molecule has 2 saturated heterocycles. The third-order valence-electron chi connectivity index (χ3n) is 7.59. The Morgan fingerprint density at radius 3 is 2.71 bits per heavy atom. The van der Waals surface area contributed by atoms with E-state index in [1.165, 1.54) is 22.7 Å². The van der Waals surface area contributed by atoms with Gasteiger partial charge in [0.2, 0.25) is 5.91 Å². The molecule has 0 aromatic carbocycles. The van der Waals surface area contributed by atoms with Crippen LogP contribution in [0.1, 0.15) is 32.5 Å². The second-order valence-corrected chi connectivity index (χ2v) is 11.2. The number of imidazole rings is 1. The van der Waals surface area contributed by atoms with E-state index >= 15 is 0 Å². The van der Waals surface area contributed by atoms with Gasteiger partial charge in [0, 0.05) is 35.1 Å². The number of aromatic nitrogens is 2. The maximum absolute atomic E-state index is 12.9. The number of aliphatic carboxylic acids is 1. The number of carbonyl (C=O) groups excluding carboxylic acids is 2. The standard InChI is InChI=1S/C25H34N4O7S.HI/c1-5-10-36-25(35)28-12-17(11-16(28)6-7-27-9-8-26(4)18(27)13-30)37-22-14(2)20-19(15(3)31)23(32)29(20)21(22)24(33)34;/h5,8-9,14-17,19-20,30-31H,1,6-7,10-13H2,2-4H3;1H/t14-,15-,16-,17+,19-,20-;/m1./s1. The van der Waals surface area contributed by atoms with E-state index in [9.17, 15) is 29.7 Å². The number of carboxylic acid groups (broad SMARTS) is 1. The van der Waals surface area contributed by atoms with Gasteiger partial charge in [-0.2, -0.15) is 0 Å². The van der Waals surface area contributed by atoms with Crippen LogP contribution in [0.3, 0.4) is 0 Å². The molecule has 0 saturated carbocycles. The molecule has 1 aromatic rings. The Morgan fingerprint density at radius 2 is 2.11 bits per heavy atom. The second kappa shape index (κ2) is 12.4. The Bertz CT molecular complexity index is 1120. The van der Waals surface area contributed by atoms with Crippen molar-refractivity contribution >= 4 is 29.7 Å². The lowest BCUT2D eigenvalue weighted by atomic mass is 9.79. The van der Waals surface area contributed by atoms with Crippen LogP contribution in [0.25, 0.3) is 0 Å². The van der Waals surface area contributed by atoms with Crippen molar-refractivity contribution in [1.29, 1.82) is 0 Å². The van der Waals surface area contributed by atoms with Crippen LogP contribution in [-0.4, -0.2) is 84.2 Å². The molecular weight excluding hydrogens is 627 g/mol. The molecule has 13 heteroatoms. The third kappa shape index (κ3) is 5.47. The molecule has 0 radical (unpaired) electrons. The number of aliphatic hydroxyl groups is 2. The highest BCUT2D eigenvalue weighted by molar-refractivity contribution is 8.03. The average molecular weight is 663 g/mol. The highest BCUT2D eigenvalue weighted by Crippen LogP contribution is 2.52. The zero-order valence-electron chi connectivity index (χ0n) is 21.7. The number of carboxylic acids is 1. The number of fused-ring (bicyclic) bond motifs is 1. The van der Waals surface area contributed by atoms with Crippen LogP contribution < -0.4 is 28.5 Å². The van der Waals surface area contributed by atoms with E-state index in [0.717, 1.165) is 5.82 Å². The molecule has 210 valence electrons. The van der Waals surface area contributed by atoms with Crippen molar-refractivity contribution in [1.82, 2.24) is 14.4 Å². The van der Waals surface area contributed by atoms with E-state index in [-0.39, 0.29) is 72.0 Å². The van der Waals surface area contributed by atoms with E-state index < -0.39 is 24.1 Å². The van der Waals surface area contributed by atoms with Crippen LogP contribution in [0.5, 0.6) is 0 Å². The normalized spacial score (nSPS) is 27.1. The molecule has 6 atom stereocenters. The van der Waals surface area contributed by atoms with Crippen LogP contribution in [0.2, 0.25) is 0 Å². The summed E-state index contributed by atoms with van der Waals surface area (Å²) in [5.74, 6) is -1.63. The molecular formula is C25H35IN4O7S. The number of thioether (sulfide) groups is 1. The number of hydrogen-bond acceptors (Lipinski definition) is 7. The first-order valence-electron chi connectivity index (χ1n) is 12.4. The summed E-state index contributed by atoms with van der Waals surface area (Å²) in [5, 5.41) is 29.6. The van der Waals surface area contributed by atoms with E-state index in [1.54, 1.807) is 11.8 Å². The van der Waals surface area contributed by atoms with Gasteiger partial charge in [-0.3, -0.25) is 4.79 Å². The lowest BCUT2D eigenvalue weighted by Gasteiger charge is -2.46. The molecule has 3 aliphatic rings. The highest BCUT2D eigenvalue weighted by atomic mass is 127. The van der Waals surface area contributed by atoms with E-state index in [2.05, 4.69) is 6.58 Å². The molecule has 0 spiro atoms. The first-order chi connectivity index (χ1) is 17.6. The summed E-state index contributed by atoms with van der Waals surface area (Å²) < 4.78 is 9.12. The van der Waals surface area contributed by atoms with Crippen molar-refractivity contribution in [3.05, 3.63) is 41.5 Å². The molecule has 11 nitrogen and oxygen atoms in total. The minimum atomic E-state index is -1.16. The zero-order chi connectivity index (χ0) is 27.0. The molecule has 4 heterocycles. The molecule has 0 aliphatic carbocycles. The molecule has 3 N–H and O–H groups in total. The van der Waals surface area contributed by atoms with Gasteiger partial charge in [0.1, 0.15) is 31.3 Å². The predicted molar refractivity (Wildman–Crippen MR) is 134 cm³/mol. The fourth-order valence-corrected chi connectivity index (χ4v) is 7.34. The summed E-state index contributed by atoms with van der Waals surface area (Å²) in [4.78, 5) is 41.3. The largest absolute Gasteiger partial charge is 1.00 e. The quantitative estimate of drug-likeness (QED) is 0.112. The number of hydrogen-bond donors (Lipinski definition) is 3. The van der Waals surface area contributed by atoms with Gasteiger partial charge < -0.3 is 53.8 Å². The van der Waals surface area contributed by atoms with Crippen LogP contribution >= 0.6 is 11.8 Å². The van der Waals surface area contributed by atoms with E-state index in [1.807, 2.05) is 35.5 Å². The molecule has 0 bridgehead atoms. The van der Waals surface area contributed by atoms with Crippen molar-refractivity contribution in [3.63, 3.8) is 0 Å². The Hall–Kier alpha value is -2.10. The lowest BCUT2D eigenvalue weighted by Crippen LogP contribution is -3.00. The number of carbonyl (C=O) groups is 3. The smallest absolute Gasteiger partial charge is 0.410 e. The molecule has 3 aliphatic heterocycles. The maximum atomic E-state index is 12.9. The minimum absolute atomic E-state index is 0. The first-order valence-corrected chi connectivity index (χ1v) is 13.3. The average Bonchev–Trinajstić information content (AvgIpc) is 3.49. The van der Waals surface area contributed by atoms with Crippen LogP contribution in [0.4, 0.5) is 4.79 Å². The van der Waals surface area contributed by atoms with Crippen molar-refractivity contribution in [2.75, 3.05) is 13.2 Å². The Balaban J connectivity index is 0.00000400. The van der Waals surface area contributed by atoms with Gasteiger partial charge in [-0.15, -0.1) is 11.8 Å². The number of β-lactam (4-membered cyclic amide) rings is 1. The summed E-state index contributed by atoms with van der Waals surface area (Å²) >= 11 is 1.41. The van der Waals surface area contributed by atoms with Crippen LogP contribution in [-0.2, 0) is 34.5 Å². The fraction of sp³-hybridized carbons (Fsp3) is 0.600.